The van der Waals surface area contributed by atoms with Crippen LogP contribution in [0.2, 0.25) is 0 Å². The number of carbonyl (C=O) groups is 1. The van der Waals surface area contributed by atoms with Gasteiger partial charge in [-0.1, -0.05) is 23.4 Å². The molecule has 0 spiro atoms. The molecule has 0 saturated carbocycles. The molecule has 10 nitrogen and oxygen atoms in total. The van der Waals surface area contributed by atoms with Gasteiger partial charge in [0, 0.05) is 29.1 Å². The second-order valence-electron chi connectivity index (χ2n) is 6.18. The number of nitrogens with zero attached hydrogens (tertiary/aromatic N) is 5. The molecule has 1 aliphatic heterocycles. The van der Waals surface area contributed by atoms with Crippen LogP contribution in [0.25, 0.3) is 11.1 Å². The SMILES string of the molecule is NC(N)=NC(=O)OCc1cccc(-c2cnc(N3CC(=NOCCF)C3)nc2)c1F. The van der Waals surface area contributed by atoms with E-state index in [9.17, 15) is 13.6 Å². The predicted octanol–water partition coefficient (Wildman–Crippen LogP) is 1.35. The van der Waals surface area contributed by atoms with Gasteiger partial charge >= 0.3 is 6.09 Å². The molecule has 1 amide bonds. The van der Waals surface area contributed by atoms with Gasteiger partial charge in [0.2, 0.25) is 5.95 Å². The third-order valence-corrected chi connectivity index (χ3v) is 3.99. The number of amides is 1. The summed E-state index contributed by atoms with van der Waals surface area (Å²) in [6.45, 7) is -0.0732. The van der Waals surface area contributed by atoms with Crippen LogP contribution in [0.1, 0.15) is 5.56 Å². The Labute approximate surface area is 170 Å². The number of guanidine groups is 1. The van der Waals surface area contributed by atoms with Crippen molar-refractivity contribution in [3.05, 3.63) is 42.0 Å². The van der Waals surface area contributed by atoms with E-state index in [1.165, 1.54) is 18.5 Å². The molecule has 1 aromatic carbocycles. The average molecular weight is 419 g/mol. The van der Waals surface area contributed by atoms with Gasteiger partial charge in [0.25, 0.3) is 0 Å². The van der Waals surface area contributed by atoms with E-state index >= 15 is 0 Å². The Hall–Kier alpha value is -3.83. The molecular weight excluding hydrogens is 400 g/mol. The van der Waals surface area contributed by atoms with Crippen LogP contribution in [0.4, 0.5) is 19.5 Å². The minimum Gasteiger partial charge on any atom is -0.443 e. The molecule has 1 aromatic heterocycles. The Morgan fingerprint density at radius 3 is 2.63 bits per heavy atom. The number of alkyl halides is 1. The van der Waals surface area contributed by atoms with E-state index in [0.717, 1.165) is 5.71 Å². The maximum atomic E-state index is 14.8. The molecule has 4 N–H and O–H groups in total. The van der Waals surface area contributed by atoms with Gasteiger partial charge in [0.1, 0.15) is 25.7 Å². The number of carbonyl (C=O) groups excluding carboxylic acids is 1. The number of anilines is 1. The molecule has 3 rings (SSSR count). The van der Waals surface area contributed by atoms with Crippen LogP contribution in [0.5, 0.6) is 0 Å². The van der Waals surface area contributed by atoms with Crippen LogP contribution < -0.4 is 16.4 Å². The molecule has 0 atom stereocenters. The van der Waals surface area contributed by atoms with Gasteiger partial charge in [-0.2, -0.15) is 0 Å². The number of benzene rings is 1. The number of aliphatic imine (C=N–C) groups is 1. The fourth-order valence-corrected chi connectivity index (χ4v) is 2.58. The number of oxime groups is 1. The normalized spacial score (nSPS) is 12.7. The Morgan fingerprint density at radius 2 is 1.97 bits per heavy atom. The summed E-state index contributed by atoms with van der Waals surface area (Å²) >= 11 is 0. The lowest BCUT2D eigenvalue weighted by molar-refractivity contribution is 0.126. The van der Waals surface area contributed by atoms with Crippen molar-refractivity contribution in [3.8, 4) is 11.1 Å². The van der Waals surface area contributed by atoms with Crippen molar-refractivity contribution in [1.29, 1.82) is 0 Å². The summed E-state index contributed by atoms with van der Waals surface area (Å²) in [5, 5.41) is 3.80. The second kappa shape index (κ2) is 9.58. The number of aromatic nitrogens is 2. The molecule has 30 heavy (non-hydrogen) atoms. The zero-order valence-corrected chi connectivity index (χ0v) is 15.8. The predicted molar refractivity (Wildman–Crippen MR) is 105 cm³/mol. The van der Waals surface area contributed by atoms with Crippen molar-refractivity contribution in [3.63, 3.8) is 0 Å². The highest BCUT2D eigenvalue weighted by molar-refractivity contribution is 5.98. The van der Waals surface area contributed by atoms with Gasteiger partial charge in [-0.25, -0.2) is 23.5 Å². The number of hydrogen-bond acceptors (Lipinski definition) is 7. The van der Waals surface area contributed by atoms with Crippen molar-refractivity contribution in [1.82, 2.24) is 9.97 Å². The van der Waals surface area contributed by atoms with E-state index in [-0.39, 0.29) is 24.3 Å². The fraction of sp³-hybridized carbons (Fsp3) is 0.278. The van der Waals surface area contributed by atoms with Gasteiger partial charge in [0.15, 0.2) is 5.96 Å². The van der Waals surface area contributed by atoms with E-state index < -0.39 is 24.5 Å². The Kier molecular flexibility index (Phi) is 6.67. The van der Waals surface area contributed by atoms with Gasteiger partial charge in [0.05, 0.1) is 18.8 Å². The first-order valence-electron chi connectivity index (χ1n) is 8.82. The lowest BCUT2D eigenvalue weighted by atomic mass is 10.1. The molecule has 0 aliphatic carbocycles. The number of halogens is 2. The summed E-state index contributed by atoms with van der Waals surface area (Å²) in [5.74, 6) is -0.569. The van der Waals surface area contributed by atoms with Gasteiger partial charge in [-0.05, 0) is 0 Å². The van der Waals surface area contributed by atoms with Crippen LogP contribution in [-0.2, 0) is 16.2 Å². The Balaban J connectivity index is 1.65. The first-order valence-corrected chi connectivity index (χ1v) is 8.82. The Bertz CT molecular complexity index is 955. The van der Waals surface area contributed by atoms with Crippen LogP contribution in [0.15, 0.2) is 40.7 Å². The van der Waals surface area contributed by atoms with Crippen LogP contribution in [0, 0.1) is 5.82 Å². The summed E-state index contributed by atoms with van der Waals surface area (Å²) < 4.78 is 31.6. The van der Waals surface area contributed by atoms with E-state index in [1.54, 1.807) is 12.1 Å². The summed E-state index contributed by atoms with van der Waals surface area (Å²) in [6.07, 6.45) is 1.97. The molecule has 12 heteroatoms. The van der Waals surface area contributed by atoms with Crippen molar-refractivity contribution in [2.45, 2.75) is 6.61 Å². The van der Waals surface area contributed by atoms with Crippen molar-refractivity contribution < 1.29 is 23.1 Å². The van der Waals surface area contributed by atoms with Crippen molar-refractivity contribution >= 4 is 23.7 Å². The summed E-state index contributed by atoms with van der Waals surface area (Å²) in [4.78, 5) is 29.7. The lowest BCUT2D eigenvalue weighted by Crippen LogP contribution is -2.48. The number of nitrogens with two attached hydrogens (primary N) is 2. The molecule has 0 unspecified atom stereocenters. The van der Waals surface area contributed by atoms with E-state index in [1.807, 2.05) is 4.90 Å². The largest absolute Gasteiger partial charge is 0.443 e. The zero-order chi connectivity index (χ0) is 21.5. The number of ether oxygens (including phenoxy) is 1. The standard InChI is InChI=1S/C18H19F2N7O3/c19-4-5-30-26-13-8-27(9-13)17-23-6-12(7-24-17)14-3-1-2-11(15(14)20)10-29-18(28)25-16(21)22/h1-3,6-7H,4-5,8-10H2,(H4,21,22,25,28). The molecule has 1 fully saturated rings. The number of hydrogen-bond donors (Lipinski definition) is 2. The maximum Gasteiger partial charge on any atom is 0.437 e. The highest BCUT2D eigenvalue weighted by Crippen LogP contribution is 2.26. The summed E-state index contributed by atoms with van der Waals surface area (Å²) in [5.41, 5.74) is 11.8. The van der Waals surface area contributed by atoms with Crippen LogP contribution in [0.3, 0.4) is 0 Å². The molecule has 0 radical (unpaired) electrons. The van der Waals surface area contributed by atoms with Gasteiger partial charge in [-0.3, -0.25) is 0 Å². The minimum absolute atomic E-state index is 0.0766. The third kappa shape index (κ3) is 5.16. The molecule has 1 saturated heterocycles. The van der Waals surface area contributed by atoms with Gasteiger partial charge in [-0.15, -0.1) is 4.99 Å². The van der Waals surface area contributed by atoms with E-state index in [0.29, 0.717) is 24.6 Å². The summed E-state index contributed by atoms with van der Waals surface area (Å²) in [7, 11) is 0. The minimum atomic E-state index is -1.01. The monoisotopic (exact) mass is 419 g/mol. The van der Waals surface area contributed by atoms with Crippen LogP contribution in [-0.4, -0.2) is 54.1 Å². The molecule has 0 bridgehead atoms. The quantitative estimate of drug-likeness (QED) is 0.297. The van der Waals surface area contributed by atoms with Crippen molar-refractivity contribution in [2.24, 2.45) is 21.6 Å². The van der Waals surface area contributed by atoms with Gasteiger partial charge < -0.3 is 25.9 Å². The highest BCUT2D eigenvalue weighted by Gasteiger charge is 2.25. The lowest BCUT2D eigenvalue weighted by Gasteiger charge is -2.31. The first kappa shape index (κ1) is 20.9. The molecule has 1 aliphatic rings. The smallest absolute Gasteiger partial charge is 0.437 e. The molecule has 158 valence electrons. The molecule has 2 heterocycles. The van der Waals surface area contributed by atoms with Crippen molar-refractivity contribution in [2.75, 3.05) is 31.3 Å². The highest BCUT2D eigenvalue weighted by atomic mass is 19.1. The summed E-state index contributed by atoms with van der Waals surface area (Å²) in [6, 6.07) is 4.65. The van der Waals surface area contributed by atoms with E-state index in [2.05, 4.69) is 20.1 Å². The zero-order valence-electron chi connectivity index (χ0n) is 15.8. The molecule has 2 aromatic rings. The Morgan fingerprint density at radius 1 is 1.23 bits per heavy atom. The first-order chi connectivity index (χ1) is 14.5. The average Bonchev–Trinajstić information content (AvgIpc) is 2.69. The maximum absolute atomic E-state index is 14.8. The topological polar surface area (TPSA) is 141 Å². The molecular formula is C18H19F2N7O3. The fourth-order valence-electron chi connectivity index (χ4n) is 2.58. The second-order valence-corrected chi connectivity index (χ2v) is 6.18. The number of rotatable bonds is 7. The third-order valence-electron chi connectivity index (χ3n) is 3.99. The van der Waals surface area contributed by atoms with E-state index in [4.69, 9.17) is 21.0 Å². The van der Waals surface area contributed by atoms with Crippen LogP contribution >= 0.6 is 0 Å².